The number of fused-ring (bicyclic) bond motifs is 1. The minimum atomic E-state index is -0.740. The summed E-state index contributed by atoms with van der Waals surface area (Å²) in [7, 11) is 0. The van der Waals surface area contributed by atoms with Crippen molar-refractivity contribution < 1.29 is 28.6 Å². The fraction of sp³-hybridized carbons (Fsp3) is 0.235. The predicted octanol–water partition coefficient (Wildman–Crippen LogP) is 2.31. The van der Waals surface area contributed by atoms with Gasteiger partial charge in [-0.3, -0.25) is 9.59 Å². The van der Waals surface area contributed by atoms with E-state index >= 15 is 0 Å². The van der Waals surface area contributed by atoms with Crippen LogP contribution in [-0.2, 0) is 4.74 Å². The molecule has 0 unspecified atom stereocenters. The Morgan fingerprint density at radius 3 is 2.69 bits per heavy atom. The second-order valence-corrected chi connectivity index (χ2v) is 6.39. The minimum Gasteiger partial charge on any atom is -0.462 e. The van der Waals surface area contributed by atoms with Crippen molar-refractivity contribution in [3.8, 4) is 11.5 Å². The molecule has 2 heterocycles. The van der Waals surface area contributed by atoms with Gasteiger partial charge in [0, 0.05) is 5.56 Å². The SMILES string of the molecule is CCOC(=O)c1sc(NC(=O)c2ccc3c(c2)OCO3)c(C(N)=O)c1C. The molecule has 136 valence electrons. The second-order valence-electron chi connectivity index (χ2n) is 5.37. The maximum Gasteiger partial charge on any atom is 0.348 e. The highest BCUT2D eigenvalue weighted by atomic mass is 32.1. The van der Waals surface area contributed by atoms with E-state index in [0.29, 0.717) is 22.6 Å². The Kier molecular flexibility index (Phi) is 4.81. The summed E-state index contributed by atoms with van der Waals surface area (Å²) >= 11 is 0.948. The van der Waals surface area contributed by atoms with Gasteiger partial charge in [-0.15, -0.1) is 11.3 Å². The smallest absolute Gasteiger partial charge is 0.348 e. The van der Waals surface area contributed by atoms with Gasteiger partial charge in [0.1, 0.15) is 9.88 Å². The van der Waals surface area contributed by atoms with Gasteiger partial charge in [-0.05, 0) is 37.6 Å². The fourth-order valence-corrected chi connectivity index (χ4v) is 3.60. The Labute approximate surface area is 152 Å². The Bertz CT molecular complexity index is 905. The number of primary amides is 1. The van der Waals surface area contributed by atoms with Crippen LogP contribution in [0.1, 0.15) is 42.9 Å². The maximum atomic E-state index is 12.5. The van der Waals surface area contributed by atoms with Gasteiger partial charge in [-0.2, -0.15) is 0 Å². The van der Waals surface area contributed by atoms with Crippen molar-refractivity contribution in [1.82, 2.24) is 0 Å². The second kappa shape index (κ2) is 7.04. The average Bonchev–Trinajstić information content (AvgIpc) is 3.18. The van der Waals surface area contributed by atoms with E-state index in [0.717, 1.165) is 11.3 Å². The lowest BCUT2D eigenvalue weighted by molar-refractivity contribution is 0.0531. The number of rotatable bonds is 5. The highest BCUT2D eigenvalue weighted by Gasteiger charge is 2.26. The number of carbonyl (C=O) groups is 3. The van der Waals surface area contributed by atoms with E-state index in [1.165, 1.54) is 6.07 Å². The molecule has 1 aliphatic rings. The van der Waals surface area contributed by atoms with E-state index in [4.69, 9.17) is 19.9 Å². The van der Waals surface area contributed by atoms with Crippen LogP contribution in [0.4, 0.5) is 5.00 Å². The number of nitrogens with one attached hydrogen (secondary N) is 1. The Morgan fingerprint density at radius 2 is 2.00 bits per heavy atom. The molecule has 1 aliphatic heterocycles. The van der Waals surface area contributed by atoms with Gasteiger partial charge < -0.3 is 25.3 Å². The molecule has 0 atom stereocenters. The lowest BCUT2D eigenvalue weighted by Gasteiger charge is -2.06. The zero-order chi connectivity index (χ0) is 18.8. The van der Waals surface area contributed by atoms with Gasteiger partial charge in [0.2, 0.25) is 6.79 Å². The van der Waals surface area contributed by atoms with Crippen LogP contribution in [0.5, 0.6) is 11.5 Å². The fourth-order valence-electron chi connectivity index (χ4n) is 2.50. The molecule has 1 aromatic heterocycles. The summed E-state index contributed by atoms with van der Waals surface area (Å²) in [5.74, 6) is -0.767. The molecule has 9 heteroatoms. The Hall–Kier alpha value is -3.07. The number of hydrogen-bond donors (Lipinski definition) is 2. The number of esters is 1. The number of hydrogen-bond acceptors (Lipinski definition) is 7. The van der Waals surface area contributed by atoms with Crippen LogP contribution >= 0.6 is 11.3 Å². The zero-order valence-electron chi connectivity index (χ0n) is 14.1. The molecule has 0 saturated carbocycles. The van der Waals surface area contributed by atoms with Crippen molar-refractivity contribution in [1.29, 1.82) is 0 Å². The molecule has 0 spiro atoms. The molecule has 26 heavy (non-hydrogen) atoms. The van der Waals surface area contributed by atoms with Crippen LogP contribution < -0.4 is 20.5 Å². The third-order valence-corrected chi connectivity index (χ3v) is 4.90. The summed E-state index contributed by atoms with van der Waals surface area (Å²) in [6, 6.07) is 4.73. The molecule has 2 amide bonds. The monoisotopic (exact) mass is 376 g/mol. The van der Waals surface area contributed by atoms with E-state index in [1.54, 1.807) is 26.0 Å². The largest absolute Gasteiger partial charge is 0.462 e. The molecule has 0 fully saturated rings. The van der Waals surface area contributed by atoms with Crippen LogP contribution in [0.15, 0.2) is 18.2 Å². The normalized spacial score (nSPS) is 11.9. The molecule has 0 bridgehead atoms. The van der Waals surface area contributed by atoms with Gasteiger partial charge in [-0.1, -0.05) is 0 Å². The van der Waals surface area contributed by atoms with Crippen LogP contribution in [0, 0.1) is 6.92 Å². The Morgan fingerprint density at radius 1 is 1.27 bits per heavy atom. The van der Waals surface area contributed by atoms with Crippen LogP contribution in [0.2, 0.25) is 0 Å². The molecule has 0 radical (unpaired) electrons. The van der Waals surface area contributed by atoms with E-state index in [1.807, 2.05) is 0 Å². The summed E-state index contributed by atoms with van der Waals surface area (Å²) in [6.07, 6.45) is 0. The molecule has 8 nitrogen and oxygen atoms in total. The summed E-state index contributed by atoms with van der Waals surface area (Å²) in [6.45, 7) is 3.55. The summed E-state index contributed by atoms with van der Waals surface area (Å²) < 4.78 is 15.4. The van der Waals surface area contributed by atoms with Crippen molar-refractivity contribution in [2.75, 3.05) is 18.7 Å². The molecule has 3 N–H and O–H groups in total. The molecule has 0 saturated heterocycles. The van der Waals surface area contributed by atoms with E-state index in [2.05, 4.69) is 5.32 Å². The summed E-state index contributed by atoms with van der Waals surface area (Å²) in [4.78, 5) is 36.6. The summed E-state index contributed by atoms with van der Waals surface area (Å²) in [5, 5.41) is 2.83. The number of nitrogens with two attached hydrogens (primary N) is 1. The van der Waals surface area contributed by atoms with Crippen molar-refractivity contribution >= 4 is 34.1 Å². The molecular formula is C17H16N2O6S. The number of thiophene rings is 1. The first-order valence-electron chi connectivity index (χ1n) is 7.73. The van der Waals surface area contributed by atoms with Gasteiger partial charge in [0.25, 0.3) is 11.8 Å². The average molecular weight is 376 g/mol. The topological polar surface area (TPSA) is 117 Å². The number of ether oxygens (including phenoxy) is 3. The lowest BCUT2D eigenvalue weighted by atomic mass is 10.1. The maximum absolute atomic E-state index is 12.5. The van der Waals surface area contributed by atoms with Crippen LogP contribution in [0.25, 0.3) is 0 Å². The molecular weight excluding hydrogens is 360 g/mol. The van der Waals surface area contributed by atoms with Crippen molar-refractivity contribution in [2.45, 2.75) is 13.8 Å². The summed E-state index contributed by atoms with van der Waals surface area (Å²) in [5.41, 5.74) is 6.20. The van der Waals surface area contributed by atoms with Gasteiger partial charge in [0.05, 0.1) is 12.2 Å². The van der Waals surface area contributed by atoms with Crippen LogP contribution in [-0.4, -0.2) is 31.2 Å². The van der Waals surface area contributed by atoms with Crippen LogP contribution in [0.3, 0.4) is 0 Å². The first-order chi connectivity index (χ1) is 12.4. The van der Waals surface area contributed by atoms with Gasteiger partial charge >= 0.3 is 5.97 Å². The first-order valence-corrected chi connectivity index (χ1v) is 8.55. The highest BCUT2D eigenvalue weighted by molar-refractivity contribution is 7.18. The number of carbonyl (C=O) groups excluding carboxylic acids is 3. The van der Waals surface area contributed by atoms with Crippen molar-refractivity contribution in [3.63, 3.8) is 0 Å². The Balaban J connectivity index is 1.91. The molecule has 0 aliphatic carbocycles. The standard InChI is InChI=1S/C17H16N2O6S/c1-3-23-17(22)13-8(2)12(14(18)20)16(26-13)19-15(21)9-4-5-10-11(6-9)25-7-24-10/h4-6H,3,7H2,1-2H3,(H2,18,20)(H,19,21). The number of anilines is 1. The highest BCUT2D eigenvalue weighted by Crippen LogP contribution is 2.35. The van der Waals surface area contributed by atoms with E-state index in [9.17, 15) is 14.4 Å². The van der Waals surface area contributed by atoms with Gasteiger partial charge in [0.15, 0.2) is 11.5 Å². The van der Waals surface area contributed by atoms with Crippen molar-refractivity contribution in [3.05, 3.63) is 39.8 Å². The number of benzene rings is 1. The zero-order valence-corrected chi connectivity index (χ0v) is 14.9. The third kappa shape index (κ3) is 3.21. The lowest BCUT2D eigenvalue weighted by Crippen LogP contribution is -2.17. The minimum absolute atomic E-state index is 0.0900. The first kappa shape index (κ1) is 17.7. The van der Waals surface area contributed by atoms with Gasteiger partial charge in [-0.25, -0.2) is 4.79 Å². The molecule has 1 aromatic carbocycles. The number of amides is 2. The quantitative estimate of drug-likeness (QED) is 0.774. The van der Waals surface area contributed by atoms with E-state index in [-0.39, 0.29) is 28.8 Å². The third-order valence-electron chi connectivity index (χ3n) is 3.72. The van der Waals surface area contributed by atoms with Crippen molar-refractivity contribution in [2.24, 2.45) is 5.73 Å². The molecule has 3 rings (SSSR count). The van der Waals surface area contributed by atoms with E-state index < -0.39 is 17.8 Å². The molecule has 2 aromatic rings. The predicted molar refractivity (Wildman–Crippen MR) is 94.0 cm³/mol.